The van der Waals surface area contributed by atoms with Crippen molar-refractivity contribution in [1.29, 1.82) is 0 Å². The van der Waals surface area contributed by atoms with Crippen molar-refractivity contribution in [3.05, 3.63) is 36.2 Å². The summed E-state index contributed by atoms with van der Waals surface area (Å²) in [7, 11) is 0. The van der Waals surface area contributed by atoms with Crippen LogP contribution in [0, 0.1) is 0 Å². The van der Waals surface area contributed by atoms with Gasteiger partial charge in [-0.2, -0.15) is 0 Å². The Labute approximate surface area is 125 Å². The Hall–Kier alpha value is -1.72. The van der Waals surface area contributed by atoms with Gasteiger partial charge in [0.05, 0.1) is 12.7 Å². The molecule has 2 rings (SSSR count). The minimum Gasteiger partial charge on any atom is -0.379 e. The molecule has 1 aliphatic heterocycles. The van der Waals surface area contributed by atoms with Gasteiger partial charge in [0.1, 0.15) is 0 Å². The van der Waals surface area contributed by atoms with Crippen LogP contribution in [0.3, 0.4) is 0 Å². The predicted molar refractivity (Wildman–Crippen MR) is 80.7 cm³/mol. The summed E-state index contributed by atoms with van der Waals surface area (Å²) in [6.45, 7) is 2.78. The quantitative estimate of drug-likeness (QED) is 0.586. The number of amides is 1. The minimum absolute atomic E-state index is 0.0917. The van der Waals surface area contributed by atoms with E-state index < -0.39 is 0 Å². The van der Waals surface area contributed by atoms with Gasteiger partial charge in [-0.25, -0.2) is 0 Å². The van der Waals surface area contributed by atoms with E-state index in [0.29, 0.717) is 19.8 Å². The van der Waals surface area contributed by atoms with Crippen LogP contribution < -0.4 is 5.32 Å². The van der Waals surface area contributed by atoms with E-state index in [1.165, 1.54) is 6.08 Å². The molecule has 2 heterocycles. The highest BCUT2D eigenvalue weighted by atomic mass is 16.5. The number of aromatic nitrogens is 1. The summed E-state index contributed by atoms with van der Waals surface area (Å²) in [6.07, 6.45) is 9.99. The number of rotatable bonds is 8. The molecule has 0 aromatic carbocycles. The van der Waals surface area contributed by atoms with E-state index in [4.69, 9.17) is 9.47 Å². The maximum absolute atomic E-state index is 11.6. The summed E-state index contributed by atoms with van der Waals surface area (Å²) >= 11 is 0. The van der Waals surface area contributed by atoms with E-state index in [-0.39, 0.29) is 12.0 Å². The maximum atomic E-state index is 11.6. The van der Waals surface area contributed by atoms with Crippen molar-refractivity contribution >= 4 is 12.0 Å². The molecule has 1 saturated heterocycles. The van der Waals surface area contributed by atoms with Gasteiger partial charge in [0.15, 0.2) is 0 Å². The van der Waals surface area contributed by atoms with Gasteiger partial charge in [0, 0.05) is 38.2 Å². The molecular formula is C16H22N2O3. The van der Waals surface area contributed by atoms with Crippen molar-refractivity contribution in [3.63, 3.8) is 0 Å². The van der Waals surface area contributed by atoms with Gasteiger partial charge in [-0.1, -0.05) is 0 Å². The lowest BCUT2D eigenvalue weighted by Gasteiger charge is -2.09. The van der Waals surface area contributed by atoms with Crippen LogP contribution in [0.15, 0.2) is 30.6 Å². The predicted octanol–water partition coefficient (Wildman–Crippen LogP) is 1.80. The molecule has 0 spiro atoms. The number of ether oxygens (including phenoxy) is 2. The molecule has 21 heavy (non-hydrogen) atoms. The molecule has 0 saturated carbocycles. The topological polar surface area (TPSA) is 60.5 Å². The van der Waals surface area contributed by atoms with Crippen LogP contribution in [0.4, 0.5) is 0 Å². The van der Waals surface area contributed by atoms with Gasteiger partial charge >= 0.3 is 0 Å². The summed E-state index contributed by atoms with van der Waals surface area (Å²) in [5, 5.41) is 2.83. The molecular weight excluding hydrogens is 268 g/mol. The summed E-state index contributed by atoms with van der Waals surface area (Å²) in [5.41, 5.74) is 0.958. The van der Waals surface area contributed by atoms with Crippen molar-refractivity contribution in [2.75, 3.05) is 26.4 Å². The highest BCUT2D eigenvalue weighted by Crippen LogP contribution is 2.11. The number of pyridine rings is 1. The van der Waals surface area contributed by atoms with Gasteiger partial charge in [-0.3, -0.25) is 9.78 Å². The van der Waals surface area contributed by atoms with Gasteiger partial charge < -0.3 is 14.8 Å². The standard InChI is InChI=1S/C16H22N2O3/c19-16(5-4-14-6-9-17-10-7-14)18-8-2-11-20-13-15-3-1-12-21-15/h4-7,9-10,15H,1-3,8,11-13H2,(H,18,19)/b5-4+. The third-order valence-electron chi connectivity index (χ3n) is 3.23. The number of nitrogens with one attached hydrogen (secondary N) is 1. The number of carbonyl (C=O) groups excluding carboxylic acids is 1. The third-order valence-corrected chi connectivity index (χ3v) is 3.23. The second kappa shape index (κ2) is 9.26. The average molecular weight is 290 g/mol. The molecule has 1 atom stereocenters. The lowest BCUT2D eigenvalue weighted by atomic mass is 10.2. The van der Waals surface area contributed by atoms with Gasteiger partial charge in [-0.15, -0.1) is 0 Å². The van der Waals surface area contributed by atoms with Crippen LogP contribution in [0.5, 0.6) is 0 Å². The molecule has 0 radical (unpaired) electrons. The Morgan fingerprint density at radius 1 is 1.48 bits per heavy atom. The molecule has 1 aromatic heterocycles. The summed E-state index contributed by atoms with van der Waals surface area (Å²) in [5.74, 6) is -0.0917. The zero-order valence-corrected chi connectivity index (χ0v) is 12.2. The van der Waals surface area contributed by atoms with Crippen molar-refractivity contribution in [2.24, 2.45) is 0 Å². The fraction of sp³-hybridized carbons (Fsp3) is 0.500. The van der Waals surface area contributed by atoms with E-state index in [2.05, 4.69) is 10.3 Å². The second-order valence-electron chi connectivity index (χ2n) is 4.97. The van der Waals surface area contributed by atoms with Gasteiger partial charge in [0.2, 0.25) is 5.91 Å². The summed E-state index contributed by atoms with van der Waals surface area (Å²) in [4.78, 5) is 15.5. The van der Waals surface area contributed by atoms with Crippen molar-refractivity contribution in [1.82, 2.24) is 10.3 Å². The highest BCUT2D eigenvalue weighted by molar-refractivity contribution is 5.91. The Morgan fingerprint density at radius 2 is 2.33 bits per heavy atom. The van der Waals surface area contributed by atoms with Crippen LogP contribution in [0.1, 0.15) is 24.8 Å². The number of nitrogens with zero attached hydrogens (tertiary/aromatic N) is 1. The Kier molecular flexibility index (Phi) is 6.91. The van der Waals surface area contributed by atoms with Crippen molar-refractivity contribution in [2.45, 2.75) is 25.4 Å². The van der Waals surface area contributed by atoms with Crippen LogP contribution >= 0.6 is 0 Å². The molecule has 1 aromatic rings. The highest BCUT2D eigenvalue weighted by Gasteiger charge is 2.14. The zero-order valence-electron chi connectivity index (χ0n) is 12.2. The molecule has 1 N–H and O–H groups in total. The first-order chi connectivity index (χ1) is 10.3. The van der Waals surface area contributed by atoms with E-state index in [9.17, 15) is 4.79 Å². The molecule has 0 bridgehead atoms. The van der Waals surface area contributed by atoms with E-state index >= 15 is 0 Å². The Bertz CT molecular complexity index is 442. The number of carbonyl (C=O) groups is 1. The monoisotopic (exact) mass is 290 g/mol. The first kappa shape index (κ1) is 15.7. The van der Waals surface area contributed by atoms with E-state index in [0.717, 1.165) is 31.4 Å². The molecule has 0 aliphatic carbocycles. The second-order valence-corrected chi connectivity index (χ2v) is 4.97. The van der Waals surface area contributed by atoms with Crippen LogP contribution in [-0.4, -0.2) is 43.4 Å². The molecule has 1 unspecified atom stereocenters. The molecule has 1 amide bonds. The molecule has 5 nitrogen and oxygen atoms in total. The molecule has 5 heteroatoms. The van der Waals surface area contributed by atoms with E-state index in [1.54, 1.807) is 18.5 Å². The van der Waals surface area contributed by atoms with Crippen LogP contribution in [-0.2, 0) is 14.3 Å². The number of hydrogen-bond acceptors (Lipinski definition) is 4. The van der Waals surface area contributed by atoms with E-state index in [1.807, 2.05) is 12.1 Å². The Morgan fingerprint density at radius 3 is 3.10 bits per heavy atom. The fourth-order valence-corrected chi connectivity index (χ4v) is 2.08. The third kappa shape index (κ3) is 6.51. The molecule has 1 aliphatic rings. The first-order valence-electron chi connectivity index (χ1n) is 7.40. The van der Waals surface area contributed by atoms with Crippen LogP contribution in [0.2, 0.25) is 0 Å². The SMILES string of the molecule is O=C(/C=C/c1ccncc1)NCCCOCC1CCCO1. The van der Waals surface area contributed by atoms with Gasteiger partial charge in [0.25, 0.3) is 0 Å². The minimum atomic E-state index is -0.0917. The fourth-order valence-electron chi connectivity index (χ4n) is 2.08. The largest absolute Gasteiger partial charge is 0.379 e. The first-order valence-corrected chi connectivity index (χ1v) is 7.40. The molecule has 114 valence electrons. The summed E-state index contributed by atoms with van der Waals surface area (Å²) in [6, 6.07) is 3.70. The van der Waals surface area contributed by atoms with Crippen LogP contribution in [0.25, 0.3) is 6.08 Å². The normalized spacial score (nSPS) is 18.2. The zero-order chi connectivity index (χ0) is 14.8. The number of hydrogen-bond donors (Lipinski definition) is 1. The lowest BCUT2D eigenvalue weighted by molar-refractivity contribution is -0.116. The van der Waals surface area contributed by atoms with Crippen molar-refractivity contribution in [3.8, 4) is 0 Å². The average Bonchev–Trinajstić information content (AvgIpc) is 3.03. The smallest absolute Gasteiger partial charge is 0.244 e. The Balaban J connectivity index is 1.50. The van der Waals surface area contributed by atoms with Gasteiger partial charge in [-0.05, 0) is 43.0 Å². The summed E-state index contributed by atoms with van der Waals surface area (Å²) < 4.78 is 11.0. The van der Waals surface area contributed by atoms with Crippen molar-refractivity contribution < 1.29 is 14.3 Å². The maximum Gasteiger partial charge on any atom is 0.244 e. The lowest BCUT2D eigenvalue weighted by Crippen LogP contribution is -2.23. The molecule has 1 fully saturated rings.